The highest BCUT2D eigenvalue weighted by Crippen LogP contribution is 2.37. The Labute approximate surface area is 173 Å². The summed E-state index contributed by atoms with van der Waals surface area (Å²) in [6, 6.07) is 11.7. The van der Waals surface area contributed by atoms with Crippen LogP contribution in [0.4, 0.5) is 29.8 Å². The third-order valence-corrected chi connectivity index (χ3v) is 5.43. The summed E-state index contributed by atoms with van der Waals surface area (Å²) < 4.78 is 38.7. The number of nitrogens with two attached hydrogens (primary N) is 2. The average Bonchev–Trinajstić information content (AvgIpc) is 3.09. The molecule has 156 valence electrons. The summed E-state index contributed by atoms with van der Waals surface area (Å²) in [6.07, 6.45) is -4.50. The molecule has 1 amide bonds. The van der Waals surface area contributed by atoms with Crippen LogP contribution in [0.1, 0.15) is 27.7 Å². The zero-order valence-corrected chi connectivity index (χ0v) is 16.5. The number of benzene rings is 2. The number of primary amides is 1. The number of halogens is 3. The van der Waals surface area contributed by atoms with Gasteiger partial charge in [-0.05, 0) is 31.2 Å². The van der Waals surface area contributed by atoms with Crippen molar-refractivity contribution in [2.75, 3.05) is 10.6 Å². The molecule has 1 heterocycles. The molecule has 3 aromatic rings. The molecule has 0 saturated carbocycles. The van der Waals surface area contributed by atoms with E-state index >= 15 is 0 Å². The van der Waals surface area contributed by atoms with Crippen LogP contribution in [0.3, 0.4) is 0 Å². The fourth-order valence-electron chi connectivity index (χ4n) is 2.74. The van der Waals surface area contributed by atoms with Gasteiger partial charge >= 0.3 is 6.18 Å². The van der Waals surface area contributed by atoms with Crippen molar-refractivity contribution in [1.29, 1.82) is 0 Å². The third-order valence-electron chi connectivity index (χ3n) is 4.36. The van der Waals surface area contributed by atoms with Crippen molar-refractivity contribution >= 4 is 39.7 Å². The molecule has 0 spiro atoms. The van der Waals surface area contributed by atoms with Crippen molar-refractivity contribution in [2.24, 2.45) is 5.73 Å². The van der Waals surface area contributed by atoms with Crippen molar-refractivity contribution in [3.63, 3.8) is 0 Å². The molecule has 4 N–H and O–H groups in total. The van der Waals surface area contributed by atoms with Crippen LogP contribution in [0.2, 0.25) is 0 Å². The smallest absolute Gasteiger partial charge is 0.382 e. The predicted molar refractivity (Wildman–Crippen MR) is 109 cm³/mol. The van der Waals surface area contributed by atoms with E-state index in [-0.39, 0.29) is 27.3 Å². The Morgan fingerprint density at radius 3 is 2.20 bits per heavy atom. The molecule has 0 aliphatic carbocycles. The van der Waals surface area contributed by atoms with Gasteiger partial charge in [0, 0.05) is 11.3 Å². The van der Waals surface area contributed by atoms with Crippen LogP contribution in [0.15, 0.2) is 54.6 Å². The summed E-state index contributed by atoms with van der Waals surface area (Å²) in [6.45, 7) is 1.48. The highest BCUT2D eigenvalue weighted by Gasteiger charge is 2.32. The first kappa shape index (κ1) is 21.3. The second kappa shape index (κ2) is 8.15. The van der Waals surface area contributed by atoms with Crippen LogP contribution in [-0.4, -0.2) is 22.7 Å². The number of ketones is 1. The number of hydrogen-bond donors (Lipinski definition) is 2. The van der Waals surface area contributed by atoms with E-state index in [0.29, 0.717) is 5.56 Å². The fraction of sp³-hybridized carbons (Fsp3) is 0.150. The monoisotopic (exact) mass is 434 g/mol. The zero-order chi connectivity index (χ0) is 22.1. The SMILES string of the molecule is C[C@H](C(N)=O)N(c1ccc(C(F)(F)F)cc1)c1nc(N)c(C(=O)c2ccccc2)s1. The molecule has 30 heavy (non-hydrogen) atoms. The number of carbonyl (C=O) groups excluding carboxylic acids is 2. The first-order valence-electron chi connectivity index (χ1n) is 8.71. The lowest BCUT2D eigenvalue weighted by Gasteiger charge is -2.27. The van der Waals surface area contributed by atoms with Crippen LogP contribution in [0, 0.1) is 0 Å². The number of anilines is 3. The molecule has 1 atom stereocenters. The Morgan fingerprint density at radius 2 is 1.67 bits per heavy atom. The Bertz CT molecular complexity index is 1070. The summed E-state index contributed by atoms with van der Waals surface area (Å²) in [7, 11) is 0. The minimum atomic E-state index is -4.50. The number of rotatable bonds is 6. The van der Waals surface area contributed by atoms with Gasteiger partial charge in [0.05, 0.1) is 5.56 Å². The maximum Gasteiger partial charge on any atom is 0.416 e. The number of aromatic nitrogens is 1. The molecule has 0 fully saturated rings. The lowest BCUT2D eigenvalue weighted by atomic mass is 10.1. The second-order valence-electron chi connectivity index (χ2n) is 6.40. The summed E-state index contributed by atoms with van der Waals surface area (Å²) in [5, 5.41) is 0.165. The van der Waals surface area contributed by atoms with Gasteiger partial charge < -0.3 is 16.4 Å². The number of nitrogen functional groups attached to an aromatic ring is 1. The Kier molecular flexibility index (Phi) is 5.79. The molecule has 3 rings (SSSR count). The van der Waals surface area contributed by atoms with E-state index in [4.69, 9.17) is 11.5 Å². The fourth-order valence-corrected chi connectivity index (χ4v) is 3.79. The molecular formula is C20H17F3N4O2S. The molecule has 0 aliphatic heterocycles. The van der Waals surface area contributed by atoms with E-state index in [1.165, 1.54) is 24.0 Å². The summed E-state index contributed by atoms with van der Waals surface area (Å²) >= 11 is 0.931. The minimum Gasteiger partial charge on any atom is -0.382 e. The number of carbonyl (C=O) groups is 2. The summed E-state index contributed by atoms with van der Waals surface area (Å²) in [4.78, 5) is 30.3. The third kappa shape index (κ3) is 4.28. The van der Waals surface area contributed by atoms with Gasteiger partial charge in [0.25, 0.3) is 0 Å². The lowest BCUT2D eigenvalue weighted by Crippen LogP contribution is -2.40. The predicted octanol–water partition coefficient (Wildman–Crippen LogP) is 3.99. The highest BCUT2D eigenvalue weighted by atomic mass is 32.1. The van der Waals surface area contributed by atoms with Gasteiger partial charge in [0.2, 0.25) is 11.7 Å². The Hall–Kier alpha value is -3.40. The van der Waals surface area contributed by atoms with E-state index in [2.05, 4.69) is 4.98 Å². The maximum atomic E-state index is 12.9. The summed E-state index contributed by atoms with van der Waals surface area (Å²) in [5.74, 6) is -1.12. The number of thiazole rings is 1. The van der Waals surface area contributed by atoms with E-state index in [1.54, 1.807) is 30.3 Å². The van der Waals surface area contributed by atoms with Crippen molar-refractivity contribution in [2.45, 2.75) is 19.1 Å². The first-order valence-corrected chi connectivity index (χ1v) is 9.53. The standard InChI is InChI=1S/C20H17F3N4O2S/c1-11(18(25)29)27(14-9-7-13(8-10-14)20(21,22)23)19-26-17(24)16(30-19)15(28)12-5-3-2-4-6-12/h2-11H,24H2,1H3,(H2,25,29)/t11-/m1/s1. The van der Waals surface area contributed by atoms with Gasteiger partial charge in [0.1, 0.15) is 16.7 Å². The summed E-state index contributed by atoms with van der Waals surface area (Å²) in [5.41, 5.74) is 11.2. The average molecular weight is 434 g/mol. The van der Waals surface area contributed by atoms with Crippen LogP contribution in [-0.2, 0) is 11.0 Å². The number of hydrogen-bond acceptors (Lipinski definition) is 6. The minimum absolute atomic E-state index is 0.0440. The van der Waals surface area contributed by atoms with E-state index < -0.39 is 23.7 Å². The van der Waals surface area contributed by atoms with Gasteiger partial charge in [0.15, 0.2) is 5.13 Å². The van der Waals surface area contributed by atoms with E-state index in [0.717, 1.165) is 23.5 Å². The van der Waals surface area contributed by atoms with Gasteiger partial charge in [-0.3, -0.25) is 9.59 Å². The van der Waals surface area contributed by atoms with Gasteiger partial charge in [-0.2, -0.15) is 13.2 Å². The highest BCUT2D eigenvalue weighted by molar-refractivity contribution is 7.18. The second-order valence-corrected chi connectivity index (χ2v) is 7.38. The Morgan fingerprint density at radius 1 is 1.07 bits per heavy atom. The zero-order valence-electron chi connectivity index (χ0n) is 15.7. The van der Waals surface area contributed by atoms with Gasteiger partial charge in [-0.1, -0.05) is 41.7 Å². The lowest BCUT2D eigenvalue weighted by molar-refractivity contribution is -0.137. The first-order chi connectivity index (χ1) is 14.1. The van der Waals surface area contributed by atoms with E-state index in [9.17, 15) is 22.8 Å². The molecule has 0 radical (unpaired) electrons. The van der Waals surface area contributed by atoms with Crippen LogP contribution in [0.25, 0.3) is 0 Å². The van der Waals surface area contributed by atoms with E-state index in [1.807, 2.05) is 0 Å². The van der Waals surface area contributed by atoms with Gasteiger partial charge in [-0.25, -0.2) is 4.98 Å². The van der Waals surface area contributed by atoms with Crippen LogP contribution in [0.5, 0.6) is 0 Å². The van der Waals surface area contributed by atoms with Gasteiger partial charge in [-0.15, -0.1) is 0 Å². The number of nitrogens with zero attached hydrogens (tertiary/aromatic N) is 2. The quantitative estimate of drug-likeness (QED) is 0.571. The van der Waals surface area contributed by atoms with Crippen molar-refractivity contribution in [3.05, 3.63) is 70.6 Å². The molecule has 0 bridgehead atoms. The molecule has 0 aliphatic rings. The molecule has 10 heteroatoms. The number of alkyl halides is 3. The Balaban J connectivity index is 2.04. The van der Waals surface area contributed by atoms with Crippen LogP contribution >= 0.6 is 11.3 Å². The van der Waals surface area contributed by atoms with Crippen LogP contribution < -0.4 is 16.4 Å². The number of amides is 1. The molecule has 2 aromatic carbocycles. The molecule has 1 aromatic heterocycles. The topological polar surface area (TPSA) is 102 Å². The molecule has 6 nitrogen and oxygen atoms in total. The molecule has 0 saturated heterocycles. The molecule has 0 unspecified atom stereocenters. The normalized spacial score (nSPS) is 12.4. The van der Waals surface area contributed by atoms with Crippen molar-refractivity contribution in [3.8, 4) is 0 Å². The maximum absolute atomic E-state index is 12.9. The molecular weight excluding hydrogens is 417 g/mol. The van der Waals surface area contributed by atoms with Crippen molar-refractivity contribution in [1.82, 2.24) is 4.98 Å². The van der Waals surface area contributed by atoms with Crippen molar-refractivity contribution < 1.29 is 22.8 Å². The largest absolute Gasteiger partial charge is 0.416 e.